The van der Waals surface area contributed by atoms with Crippen LogP contribution in [0.4, 0.5) is 0 Å². The molecular weight excluding hydrogens is 460 g/mol. The molecule has 5 atom stereocenters. The molecule has 5 unspecified atom stereocenters. The van der Waals surface area contributed by atoms with Gasteiger partial charge in [-0.05, 0) is 58.2 Å². The van der Waals surface area contributed by atoms with E-state index in [-0.39, 0.29) is 44.2 Å². The van der Waals surface area contributed by atoms with Crippen LogP contribution >= 0.6 is 0 Å². The number of aliphatic hydroxyl groups is 2. The van der Waals surface area contributed by atoms with E-state index in [0.29, 0.717) is 19.8 Å². The lowest BCUT2D eigenvalue weighted by molar-refractivity contribution is -0.0960. The number of hydrogen-bond donors (Lipinski definition) is 2. The topological polar surface area (TPSA) is 86.6 Å². The molecule has 0 aromatic heterocycles. The van der Waals surface area contributed by atoms with Crippen LogP contribution < -0.4 is 4.74 Å². The van der Waals surface area contributed by atoms with Gasteiger partial charge in [-0.25, -0.2) is 0 Å². The highest BCUT2D eigenvalue weighted by atomic mass is 16.6. The highest BCUT2D eigenvalue weighted by molar-refractivity contribution is 5.27. The summed E-state index contributed by atoms with van der Waals surface area (Å²) in [6.07, 6.45) is 7.69. The molecule has 1 aromatic carbocycles. The third-order valence-electron chi connectivity index (χ3n) is 5.86. The Kier molecular flexibility index (Phi) is 19.0. The average molecular weight is 513 g/mol. The summed E-state index contributed by atoms with van der Waals surface area (Å²) in [5.74, 6) is 0.761. The van der Waals surface area contributed by atoms with E-state index in [0.717, 1.165) is 12.2 Å². The van der Waals surface area contributed by atoms with E-state index in [4.69, 9.17) is 28.8 Å². The molecule has 36 heavy (non-hydrogen) atoms. The van der Waals surface area contributed by atoms with Crippen molar-refractivity contribution >= 4 is 0 Å². The van der Waals surface area contributed by atoms with Crippen molar-refractivity contribution in [2.45, 2.75) is 110 Å². The Morgan fingerprint density at radius 2 is 1.14 bits per heavy atom. The van der Waals surface area contributed by atoms with Crippen molar-refractivity contribution < 1.29 is 33.9 Å². The van der Waals surface area contributed by atoms with Gasteiger partial charge >= 0.3 is 0 Å². The van der Waals surface area contributed by atoms with Crippen molar-refractivity contribution in [3.05, 3.63) is 29.8 Å². The molecule has 0 fully saturated rings. The van der Waals surface area contributed by atoms with Crippen LogP contribution in [-0.2, 0) is 25.4 Å². The first-order chi connectivity index (χ1) is 17.3. The maximum absolute atomic E-state index is 10.2. The van der Waals surface area contributed by atoms with Gasteiger partial charge in [-0.2, -0.15) is 0 Å². The predicted octanol–water partition coefficient (Wildman–Crippen LogP) is 4.94. The Labute approximate surface area is 219 Å². The van der Waals surface area contributed by atoms with Gasteiger partial charge in [-0.15, -0.1) is 0 Å². The zero-order valence-corrected chi connectivity index (χ0v) is 23.3. The minimum Gasteiger partial charge on any atom is -0.491 e. The molecule has 1 rings (SSSR count). The molecule has 0 bridgehead atoms. The van der Waals surface area contributed by atoms with Crippen LogP contribution in [0.2, 0.25) is 0 Å². The van der Waals surface area contributed by atoms with Gasteiger partial charge in [-0.1, -0.05) is 51.2 Å². The predicted molar refractivity (Wildman–Crippen MR) is 144 cm³/mol. The molecule has 0 saturated heterocycles. The van der Waals surface area contributed by atoms with Gasteiger partial charge in [0.05, 0.1) is 57.5 Å². The number of benzene rings is 1. The lowest BCUT2D eigenvalue weighted by atomic mass is 10.0. The van der Waals surface area contributed by atoms with Gasteiger partial charge in [0.25, 0.3) is 0 Å². The molecule has 0 heterocycles. The molecule has 0 saturated carbocycles. The Morgan fingerprint density at radius 1 is 0.639 bits per heavy atom. The van der Waals surface area contributed by atoms with Gasteiger partial charge in [0, 0.05) is 0 Å². The van der Waals surface area contributed by atoms with Crippen LogP contribution in [0.25, 0.3) is 0 Å². The van der Waals surface area contributed by atoms with Gasteiger partial charge in [-0.3, -0.25) is 0 Å². The number of hydrogen-bond acceptors (Lipinski definition) is 7. The van der Waals surface area contributed by atoms with Crippen molar-refractivity contribution in [2.24, 2.45) is 0 Å². The molecule has 7 heteroatoms. The van der Waals surface area contributed by atoms with Crippen LogP contribution in [0.1, 0.15) is 78.7 Å². The Morgan fingerprint density at radius 3 is 1.69 bits per heavy atom. The van der Waals surface area contributed by atoms with Gasteiger partial charge < -0.3 is 33.9 Å². The van der Waals surface area contributed by atoms with Crippen LogP contribution in [0.15, 0.2) is 24.3 Å². The fourth-order valence-electron chi connectivity index (χ4n) is 3.47. The molecule has 7 nitrogen and oxygen atoms in total. The maximum atomic E-state index is 10.2. The molecule has 0 aliphatic carbocycles. The summed E-state index contributed by atoms with van der Waals surface area (Å²) < 4.78 is 28.4. The number of rotatable bonds is 23. The van der Waals surface area contributed by atoms with Crippen LogP contribution in [-0.4, -0.2) is 80.4 Å². The third kappa shape index (κ3) is 17.3. The minimum absolute atomic E-state index is 0.00258. The van der Waals surface area contributed by atoms with Crippen LogP contribution in [0.5, 0.6) is 5.75 Å². The number of aliphatic hydroxyl groups excluding tert-OH is 2. The van der Waals surface area contributed by atoms with Crippen molar-refractivity contribution in [2.75, 3.05) is 39.6 Å². The molecule has 0 amide bonds. The molecule has 2 N–H and O–H groups in total. The van der Waals surface area contributed by atoms with Crippen LogP contribution in [0, 0.1) is 0 Å². The second-order valence-electron chi connectivity index (χ2n) is 9.88. The largest absolute Gasteiger partial charge is 0.491 e. The van der Waals surface area contributed by atoms with Gasteiger partial charge in [0.2, 0.25) is 0 Å². The summed E-state index contributed by atoms with van der Waals surface area (Å²) in [5.41, 5.74) is 1.33. The number of ether oxygens (including phenoxy) is 5. The first-order valence-corrected chi connectivity index (χ1v) is 13.8. The summed E-state index contributed by atoms with van der Waals surface area (Å²) in [6.45, 7) is 11.5. The van der Waals surface area contributed by atoms with Crippen molar-refractivity contribution in [3.63, 3.8) is 0 Å². The molecule has 0 aliphatic rings. The molecule has 0 radical (unpaired) electrons. The van der Waals surface area contributed by atoms with Gasteiger partial charge in [0.15, 0.2) is 0 Å². The Bertz CT molecular complexity index is 625. The Hall–Kier alpha value is -1.22. The summed E-state index contributed by atoms with van der Waals surface area (Å²) in [7, 11) is 0. The van der Waals surface area contributed by atoms with Crippen molar-refractivity contribution in [3.8, 4) is 5.75 Å². The SMILES string of the molecule is CCCCCCCCc1ccc(OCC(O)COC(C)COC(C)COC(C)COC(C)CO)cc1. The van der Waals surface area contributed by atoms with E-state index >= 15 is 0 Å². The molecule has 0 spiro atoms. The third-order valence-corrected chi connectivity index (χ3v) is 5.86. The van der Waals surface area contributed by atoms with E-state index < -0.39 is 6.10 Å². The maximum Gasteiger partial charge on any atom is 0.119 e. The van der Waals surface area contributed by atoms with Gasteiger partial charge in [0.1, 0.15) is 18.5 Å². The summed E-state index contributed by atoms with van der Waals surface area (Å²) in [5, 5.41) is 19.2. The standard InChI is InChI=1S/C29H52O7/c1-6-7-8-9-10-11-12-27-13-15-29(16-14-27)36-22-28(31)21-35-26(5)20-34-25(4)19-33-24(3)18-32-23(2)17-30/h13-16,23-26,28,30-31H,6-12,17-22H2,1-5H3. The lowest BCUT2D eigenvalue weighted by Crippen LogP contribution is -2.30. The molecule has 0 aliphatic heterocycles. The summed E-state index contributed by atoms with van der Waals surface area (Å²) >= 11 is 0. The quantitative estimate of drug-likeness (QED) is 0.201. The number of aryl methyl sites for hydroxylation is 1. The van der Waals surface area contributed by atoms with Crippen LogP contribution in [0.3, 0.4) is 0 Å². The molecular formula is C29H52O7. The van der Waals surface area contributed by atoms with E-state index in [1.807, 2.05) is 39.8 Å². The lowest BCUT2D eigenvalue weighted by Gasteiger charge is -2.21. The average Bonchev–Trinajstić information content (AvgIpc) is 2.89. The van der Waals surface area contributed by atoms with E-state index in [1.165, 1.54) is 44.1 Å². The zero-order valence-electron chi connectivity index (χ0n) is 23.3. The highest BCUT2D eigenvalue weighted by Crippen LogP contribution is 2.15. The fourth-order valence-corrected chi connectivity index (χ4v) is 3.47. The molecule has 210 valence electrons. The van der Waals surface area contributed by atoms with E-state index in [1.54, 1.807) is 0 Å². The Balaban J connectivity index is 2.11. The highest BCUT2D eigenvalue weighted by Gasteiger charge is 2.13. The second-order valence-corrected chi connectivity index (χ2v) is 9.88. The normalized spacial score (nSPS) is 15.9. The summed E-state index contributed by atoms with van der Waals surface area (Å²) in [4.78, 5) is 0. The second kappa shape index (κ2) is 20.8. The van der Waals surface area contributed by atoms with Crippen molar-refractivity contribution in [1.82, 2.24) is 0 Å². The van der Waals surface area contributed by atoms with E-state index in [9.17, 15) is 5.11 Å². The fraction of sp³-hybridized carbons (Fsp3) is 0.793. The number of unbranched alkanes of at least 4 members (excludes halogenated alkanes) is 5. The minimum atomic E-state index is -0.710. The monoisotopic (exact) mass is 512 g/mol. The zero-order chi connectivity index (χ0) is 26.6. The molecule has 1 aromatic rings. The first kappa shape index (κ1) is 32.8. The van der Waals surface area contributed by atoms with Crippen molar-refractivity contribution in [1.29, 1.82) is 0 Å². The smallest absolute Gasteiger partial charge is 0.119 e. The summed E-state index contributed by atoms with van der Waals surface area (Å²) in [6, 6.07) is 8.16. The van der Waals surface area contributed by atoms with E-state index in [2.05, 4.69) is 19.1 Å². The first-order valence-electron chi connectivity index (χ1n) is 13.8.